The van der Waals surface area contributed by atoms with Crippen molar-refractivity contribution in [2.45, 2.75) is 64.0 Å². The number of alkyl halides is 3. The summed E-state index contributed by atoms with van der Waals surface area (Å²) in [6.45, 7) is 8.54. The molecule has 0 aliphatic heterocycles. The molecule has 0 rings (SSSR count). The molecule has 11 heteroatoms. The van der Waals surface area contributed by atoms with Crippen LogP contribution in [0.1, 0.15) is 41.5 Å². The third-order valence-corrected chi connectivity index (χ3v) is 3.38. The molecular formula is C10H20F3O6PS. The molecule has 0 aromatic carbocycles. The van der Waals surface area contributed by atoms with Gasteiger partial charge in [-0.15, -0.1) is 0 Å². The Morgan fingerprint density at radius 2 is 1.19 bits per heavy atom. The van der Waals surface area contributed by atoms with Gasteiger partial charge in [0.2, 0.25) is 0 Å². The van der Waals surface area contributed by atoms with Gasteiger partial charge in [0, 0.05) is 0 Å². The lowest BCUT2D eigenvalue weighted by molar-refractivity contribution is -0.344. The van der Waals surface area contributed by atoms with E-state index < -0.39 is 41.0 Å². The molecule has 0 radical (unpaired) electrons. The number of rotatable bonds is 5. The van der Waals surface area contributed by atoms with Crippen LogP contribution in [0.25, 0.3) is 0 Å². The Morgan fingerprint density at radius 3 is 1.38 bits per heavy atom. The van der Waals surface area contributed by atoms with Crippen LogP contribution in [0.15, 0.2) is 0 Å². The summed E-state index contributed by atoms with van der Waals surface area (Å²) < 4.78 is 85.3. The number of halogens is 3. The molecule has 1 atom stereocenters. The molecule has 0 amide bonds. The highest BCUT2D eigenvalue weighted by Gasteiger charge is 2.55. The Balaban J connectivity index is 5.77. The van der Waals surface area contributed by atoms with Crippen LogP contribution >= 0.6 is 8.46 Å². The van der Waals surface area contributed by atoms with Crippen molar-refractivity contribution in [1.29, 1.82) is 0 Å². The summed E-state index contributed by atoms with van der Waals surface area (Å²) in [5.41, 5.74) is -10.8. The molecule has 0 aromatic heterocycles. The van der Waals surface area contributed by atoms with Gasteiger partial charge in [-0.25, -0.2) is 0 Å². The quantitative estimate of drug-likeness (QED) is 0.326. The van der Waals surface area contributed by atoms with Gasteiger partial charge in [0.25, 0.3) is 0 Å². The van der Waals surface area contributed by atoms with Gasteiger partial charge in [-0.05, 0) is 41.5 Å². The summed E-state index contributed by atoms with van der Waals surface area (Å²) in [6.07, 6.45) is 0. The maximum absolute atomic E-state index is 12.4. The Morgan fingerprint density at radius 1 is 0.857 bits per heavy atom. The third kappa shape index (κ3) is 7.10. The van der Waals surface area contributed by atoms with Gasteiger partial charge in [-0.2, -0.15) is 25.8 Å². The smallest absolute Gasteiger partial charge is 0.321 e. The fourth-order valence-corrected chi connectivity index (χ4v) is 2.99. The topological polar surface area (TPSA) is 78.9 Å². The van der Waals surface area contributed by atoms with E-state index in [-0.39, 0.29) is 0 Å². The summed E-state index contributed by atoms with van der Waals surface area (Å²) in [5.74, 6) is 0. The first-order valence-corrected chi connectivity index (χ1v) is 8.27. The SMILES string of the molecule is CC(C)(C)OC(OC(C)(C)C)(OS(=O)(=O)C(F)(F)F)[PH2]=O. The van der Waals surface area contributed by atoms with Gasteiger partial charge < -0.3 is 14.0 Å². The molecule has 1 unspecified atom stereocenters. The molecule has 0 bridgehead atoms. The zero-order valence-corrected chi connectivity index (χ0v) is 14.5. The number of hydrogen-bond acceptors (Lipinski definition) is 6. The van der Waals surface area contributed by atoms with Crippen LogP contribution in [0.3, 0.4) is 0 Å². The summed E-state index contributed by atoms with van der Waals surface area (Å²) >= 11 is 0. The van der Waals surface area contributed by atoms with E-state index in [1.165, 1.54) is 41.5 Å². The van der Waals surface area contributed by atoms with Crippen molar-refractivity contribution in [2.75, 3.05) is 0 Å². The van der Waals surface area contributed by atoms with Crippen molar-refractivity contribution in [3.05, 3.63) is 0 Å². The summed E-state index contributed by atoms with van der Waals surface area (Å²) in [7, 11) is -8.37. The van der Waals surface area contributed by atoms with Crippen molar-refractivity contribution >= 4 is 18.6 Å². The van der Waals surface area contributed by atoms with E-state index in [0.29, 0.717) is 0 Å². The molecule has 0 fully saturated rings. The van der Waals surface area contributed by atoms with Gasteiger partial charge >= 0.3 is 21.3 Å². The second-order valence-electron chi connectivity index (χ2n) is 6.13. The molecule has 0 saturated carbocycles. The summed E-state index contributed by atoms with van der Waals surface area (Å²) in [5, 5.41) is 0. The lowest BCUT2D eigenvalue weighted by Gasteiger charge is -2.38. The van der Waals surface area contributed by atoms with E-state index in [0.717, 1.165) is 0 Å². The van der Waals surface area contributed by atoms with Crippen LogP contribution in [0.4, 0.5) is 13.2 Å². The molecule has 0 heterocycles. The molecule has 0 spiro atoms. The first-order valence-electron chi connectivity index (χ1n) is 5.82. The lowest BCUT2D eigenvalue weighted by atomic mass is 10.2. The summed E-state index contributed by atoms with van der Waals surface area (Å²) in [6, 6.07) is 0. The van der Waals surface area contributed by atoms with Crippen LogP contribution in [0, 0.1) is 0 Å². The Hall–Kier alpha value is -0.150. The maximum atomic E-state index is 12.4. The Kier molecular flexibility index (Phi) is 6.11. The van der Waals surface area contributed by atoms with E-state index in [9.17, 15) is 26.2 Å². The van der Waals surface area contributed by atoms with Crippen molar-refractivity contribution < 1.29 is 39.8 Å². The van der Waals surface area contributed by atoms with Crippen LogP contribution in [0.5, 0.6) is 0 Å². The fraction of sp³-hybridized carbons (Fsp3) is 1.00. The van der Waals surface area contributed by atoms with Gasteiger partial charge in [-0.1, -0.05) is 0 Å². The molecule has 0 aliphatic rings. The van der Waals surface area contributed by atoms with Crippen molar-refractivity contribution in [3.8, 4) is 0 Å². The van der Waals surface area contributed by atoms with E-state index in [2.05, 4.69) is 4.18 Å². The fourth-order valence-electron chi connectivity index (χ4n) is 1.18. The van der Waals surface area contributed by atoms with Crippen LogP contribution in [0.2, 0.25) is 0 Å². The molecule has 21 heavy (non-hydrogen) atoms. The minimum atomic E-state index is -6.04. The van der Waals surface area contributed by atoms with E-state index in [4.69, 9.17) is 9.47 Å². The molecule has 0 aliphatic carbocycles. The Bertz CT molecular complexity index is 458. The second-order valence-corrected chi connectivity index (χ2v) is 8.61. The van der Waals surface area contributed by atoms with E-state index >= 15 is 0 Å². The standard InChI is InChI=1S/C10H20F3O6PS/c1-7(2,3)17-10(20-14,18-8(4,5)6)19-21(15,16)9(11,12)13/h20H2,1-6H3. The monoisotopic (exact) mass is 356 g/mol. The molecule has 0 saturated heterocycles. The molecular weight excluding hydrogens is 336 g/mol. The zero-order chi connectivity index (χ0) is 17.3. The first-order chi connectivity index (χ1) is 8.93. The van der Waals surface area contributed by atoms with Crippen molar-refractivity contribution in [2.24, 2.45) is 0 Å². The van der Waals surface area contributed by atoms with E-state index in [1.54, 1.807) is 0 Å². The minimum Gasteiger partial charge on any atom is -0.321 e. The van der Waals surface area contributed by atoms with Gasteiger partial charge in [-0.3, -0.25) is 0 Å². The van der Waals surface area contributed by atoms with Gasteiger partial charge in [0.05, 0.1) is 11.2 Å². The number of hydrogen-bond donors (Lipinski definition) is 0. The lowest BCUT2D eigenvalue weighted by Crippen LogP contribution is -2.47. The largest absolute Gasteiger partial charge is 0.523 e. The number of ether oxygens (including phenoxy) is 2. The van der Waals surface area contributed by atoms with E-state index in [1.807, 2.05) is 0 Å². The predicted molar refractivity (Wildman–Crippen MR) is 70.9 cm³/mol. The van der Waals surface area contributed by atoms with Crippen LogP contribution in [-0.2, 0) is 28.3 Å². The maximum Gasteiger partial charge on any atom is 0.523 e. The normalized spacial score (nSPS) is 15.9. The molecule has 6 nitrogen and oxygen atoms in total. The first kappa shape index (κ1) is 20.9. The van der Waals surface area contributed by atoms with Crippen molar-refractivity contribution in [3.63, 3.8) is 0 Å². The zero-order valence-electron chi connectivity index (χ0n) is 12.6. The second kappa shape index (κ2) is 6.16. The third-order valence-electron chi connectivity index (χ3n) is 1.55. The van der Waals surface area contributed by atoms with Crippen LogP contribution in [-0.4, -0.2) is 30.8 Å². The van der Waals surface area contributed by atoms with Gasteiger partial charge in [0.1, 0.15) is 0 Å². The van der Waals surface area contributed by atoms with Gasteiger partial charge in [0.15, 0.2) is 8.46 Å². The summed E-state index contributed by atoms with van der Waals surface area (Å²) in [4.78, 5) is 0. The minimum absolute atomic E-state index is 1.16. The molecule has 0 N–H and O–H groups in total. The molecule has 0 aromatic rings. The van der Waals surface area contributed by atoms with Crippen LogP contribution < -0.4 is 0 Å². The van der Waals surface area contributed by atoms with Crippen molar-refractivity contribution in [1.82, 2.24) is 0 Å². The predicted octanol–water partition coefficient (Wildman–Crippen LogP) is 2.85. The highest BCUT2D eigenvalue weighted by atomic mass is 32.2. The molecule has 128 valence electrons. The Labute approximate surface area is 123 Å². The average molecular weight is 356 g/mol. The highest BCUT2D eigenvalue weighted by molar-refractivity contribution is 7.87. The highest BCUT2D eigenvalue weighted by Crippen LogP contribution is 2.40. The average Bonchev–Trinajstić information content (AvgIpc) is 2.08.